The molecule has 1 aliphatic heterocycles. The Bertz CT molecular complexity index is 705. The molecule has 2 aromatic rings. The number of rotatable bonds is 2. The summed E-state index contributed by atoms with van der Waals surface area (Å²) in [6.45, 7) is 0. The summed E-state index contributed by atoms with van der Waals surface area (Å²) in [5, 5.41) is 4.90. The molecule has 0 N–H and O–H groups in total. The summed E-state index contributed by atoms with van der Waals surface area (Å²) in [6.07, 6.45) is 1.49. The zero-order chi connectivity index (χ0) is 14.1. The van der Waals surface area contributed by atoms with Gasteiger partial charge in [-0.05, 0) is 18.2 Å². The number of hydrogen-bond acceptors (Lipinski definition) is 3. The summed E-state index contributed by atoms with van der Waals surface area (Å²) in [5.41, 5.74) is 1.58. The first-order valence-electron chi connectivity index (χ1n) is 5.95. The van der Waals surface area contributed by atoms with Crippen LogP contribution in [0.4, 0.5) is 0 Å². The highest BCUT2D eigenvalue weighted by Gasteiger charge is 2.35. The zero-order valence-corrected chi connectivity index (χ0v) is 11.9. The molecule has 1 heterocycles. The summed E-state index contributed by atoms with van der Waals surface area (Å²) in [4.78, 5) is 24.2. The van der Waals surface area contributed by atoms with Gasteiger partial charge in [0.25, 0.3) is 11.8 Å². The van der Waals surface area contributed by atoms with Crippen LogP contribution in [-0.2, 0) is 0 Å². The third-order valence-electron chi connectivity index (χ3n) is 2.99. The summed E-state index contributed by atoms with van der Waals surface area (Å²) in [5.74, 6) is -0.789. The number of benzene rings is 2. The minimum atomic E-state index is -0.395. The van der Waals surface area contributed by atoms with E-state index in [-0.39, 0.29) is 0 Å². The lowest BCUT2D eigenvalue weighted by Crippen LogP contribution is -2.24. The highest BCUT2D eigenvalue weighted by Crippen LogP contribution is 2.23. The maximum Gasteiger partial charge on any atom is 0.282 e. The molecule has 2 amide bonds. The monoisotopic (exact) mass is 328 g/mol. The number of fused-ring (bicyclic) bond motifs is 1. The second kappa shape index (κ2) is 5.02. The lowest BCUT2D eigenvalue weighted by molar-refractivity contribution is 0.0660. The largest absolute Gasteiger partial charge is 0.282 e. The molecule has 3 rings (SSSR count). The molecule has 0 spiro atoms. The molecule has 0 saturated carbocycles. The van der Waals surface area contributed by atoms with Gasteiger partial charge in [-0.1, -0.05) is 46.3 Å². The summed E-state index contributed by atoms with van der Waals surface area (Å²) >= 11 is 3.38. The van der Waals surface area contributed by atoms with Crippen molar-refractivity contribution in [3.8, 4) is 0 Å². The zero-order valence-electron chi connectivity index (χ0n) is 10.3. The number of amides is 2. The number of carbonyl (C=O) groups excluding carboxylic acids is 2. The van der Waals surface area contributed by atoms with E-state index in [1.807, 2.05) is 24.3 Å². The van der Waals surface area contributed by atoms with Gasteiger partial charge in [0.15, 0.2) is 0 Å². The molecule has 0 fully saturated rings. The Morgan fingerprint density at radius 3 is 2.05 bits per heavy atom. The van der Waals surface area contributed by atoms with Crippen LogP contribution in [0.5, 0.6) is 0 Å². The van der Waals surface area contributed by atoms with Gasteiger partial charge in [-0.15, -0.1) is 0 Å². The van der Waals surface area contributed by atoms with Crippen LogP contribution in [-0.4, -0.2) is 23.0 Å². The summed E-state index contributed by atoms with van der Waals surface area (Å²) in [7, 11) is 0. The Morgan fingerprint density at radius 1 is 0.900 bits per heavy atom. The molecule has 0 unspecified atom stereocenters. The molecule has 98 valence electrons. The SMILES string of the molecule is O=C1c2ccccc2C(=O)N1/N=C\c1ccccc1Br. The van der Waals surface area contributed by atoms with Crippen LogP contribution < -0.4 is 0 Å². The van der Waals surface area contributed by atoms with Crippen LogP contribution in [0.3, 0.4) is 0 Å². The van der Waals surface area contributed by atoms with Crippen LogP contribution in [0.15, 0.2) is 58.1 Å². The number of carbonyl (C=O) groups is 2. The molecule has 0 saturated heterocycles. The van der Waals surface area contributed by atoms with Crippen LogP contribution >= 0.6 is 15.9 Å². The molecule has 4 nitrogen and oxygen atoms in total. The highest BCUT2D eigenvalue weighted by atomic mass is 79.9. The van der Waals surface area contributed by atoms with Crippen molar-refractivity contribution in [3.05, 3.63) is 69.7 Å². The Labute approximate surface area is 123 Å². The van der Waals surface area contributed by atoms with Crippen LogP contribution in [0.25, 0.3) is 0 Å². The molecule has 2 aromatic carbocycles. The summed E-state index contributed by atoms with van der Waals surface area (Å²) < 4.78 is 0.848. The number of hydrazone groups is 1. The Kier molecular flexibility index (Phi) is 3.20. The maximum absolute atomic E-state index is 12.1. The minimum Gasteiger partial charge on any atom is -0.267 e. The van der Waals surface area contributed by atoms with Crippen molar-refractivity contribution in [2.75, 3.05) is 0 Å². The van der Waals surface area contributed by atoms with Crippen LogP contribution in [0.1, 0.15) is 26.3 Å². The Morgan fingerprint density at radius 2 is 1.45 bits per heavy atom. The molecule has 20 heavy (non-hydrogen) atoms. The molecular weight excluding hydrogens is 320 g/mol. The number of nitrogens with zero attached hydrogens (tertiary/aromatic N) is 2. The first kappa shape index (κ1) is 12.7. The van der Waals surface area contributed by atoms with E-state index < -0.39 is 11.8 Å². The summed E-state index contributed by atoms with van der Waals surface area (Å²) in [6, 6.07) is 14.1. The molecule has 0 bridgehead atoms. The van der Waals surface area contributed by atoms with E-state index in [0.717, 1.165) is 15.0 Å². The second-order valence-electron chi connectivity index (χ2n) is 4.23. The topological polar surface area (TPSA) is 49.7 Å². The van der Waals surface area contributed by atoms with Crippen molar-refractivity contribution >= 4 is 34.0 Å². The van der Waals surface area contributed by atoms with Crippen molar-refractivity contribution in [2.24, 2.45) is 5.10 Å². The van der Waals surface area contributed by atoms with Gasteiger partial charge in [0.05, 0.1) is 17.3 Å². The molecule has 0 aromatic heterocycles. The van der Waals surface area contributed by atoms with E-state index >= 15 is 0 Å². The van der Waals surface area contributed by atoms with Gasteiger partial charge in [0, 0.05) is 10.0 Å². The average Bonchev–Trinajstić information content (AvgIpc) is 2.71. The van der Waals surface area contributed by atoms with Gasteiger partial charge >= 0.3 is 0 Å². The normalized spacial score (nSPS) is 14.2. The fourth-order valence-corrected chi connectivity index (χ4v) is 2.37. The smallest absolute Gasteiger partial charge is 0.267 e. The van der Waals surface area contributed by atoms with Crippen LogP contribution in [0.2, 0.25) is 0 Å². The quantitative estimate of drug-likeness (QED) is 0.628. The third-order valence-corrected chi connectivity index (χ3v) is 3.71. The minimum absolute atomic E-state index is 0.391. The Hall–Kier alpha value is -2.27. The van der Waals surface area contributed by atoms with Gasteiger partial charge in [-0.2, -0.15) is 10.1 Å². The van der Waals surface area contributed by atoms with E-state index in [0.29, 0.717) is 11.1 Å². The fraction of sp³-hybridized carbons (Fsp3) is 0. The van der Waals surface area contributed by atoms with Gasteiger partial charge in [0.1, 0.15) is 0 Å². The van der Waals surface area contributed by atoms with Crippen molar-refractivity contribution < 1.29 is 9.59 Å². The second-order valence-corrected chi connectivity index (χ2v) is 5.09. The number of imide groups is 1. The van der Waals surface area contributed by atoms with Crippen LogP contribution in [0, 0.1) is 0 Å². The molecule has 0 radical (unpaired) electrons. The van der Waals surface area contributed by atoms with Gasteiger partial charge in [0.2, 0.25) is 0 Å². The standard InChI is InChI=1S/C15H9BrN2O2/c16-13-8-4-1-5-10(13)9-17-18-14(19)11-6-2-3-7-12(11)15(18)20/h1-9H/b17-9-. The predicted octanol–water partition coefficient (Wildman–Crippen LogP) is 3.08. The van der Waals surface area contributed by atoms with Crippen molar-refractivity contribution in [1.82, 2.24) is 5.01 Å². The predicted molar refractivity (Wildman–Crippen MR) is 78.7 cm³/mol. The van der Waals surface area contributed by atoms with E-state index in [9.17, 15) is 9.59 Å². The average molecular weight is 329 g/mol. The maximum atomic E-state index is 12.1. The lowest BCUT2D eigenvalue weighted by Gasteiger charge is -2.05. The first-order chi connectivity index (χ1) is 9.68. The van der Waals surface area contributed by atoms with Gasteiger partial charge < -0.3 is 0 Å². The fourth-order valence-electron chi connectivity index (χ4n) is 1.98. The molecular formula is C15H9BrN2O2. The van der Waals surface area contributed by atoms with E-state index in [4.69, 9.17) is 0 Å². The molecule has 5 heteroatoms. The highest BCUT2D eigenvalue weighted by molar-refractivity contribution is 9.10. The number of halogens is 1. The third kappa shape index (κ3) is 2.06. The van der Waals surface area contributed by atoms with E-state index in [2.05, 4.69) is 21.0 Å². The Balaban J connectivity index is 1.93. The van der Waals surface area contributed by atoms with Crippen molar-refractivity contribution in [2.45, 2.75) is 0 Å². The van der Waals surface area contributed by atoms with E-state index in [1.54, 1.807) is 24.3 Å². The lowest BCUT2D eigenvalue weighted by atomic mass is 10.1. The first-order valence-corrected chi connectivity index (χ1v) is 6.74. The molecule has 1 aliphatic rings. The molecule has 0 atom stereocenters. The van der Waals surface area contributed by atoms with Crippen molar-refractivity contribution in [3.63, 3.8) is 0 Å². The van der Waals surface area contributed by atoms with Gasteiger partial charge in [-0.25, -0.2) is 0 Å². The van der Waals surface area contributed by atoms with Crippen molar-refractivity contribution in [1.29, 1.82) is 0 Å². The van der Waals surface area contributed by atoms with E-state index in [1.165, 1.54) is 6.21 Å². The van der Waals surface area contributed by atoms with Gasteiger partial charge in [-0.3, -0.25) is 9.59 Å². The number of hydrogen-bond donors (Lipinski definition) is 0. The molecule has 0 aliphatic carbocycles.